The van der Waals surface area contributed by atoms with Gasteiger partial charge in [-0.1, -0.05) is 53.7 Å². The Morgan fingerprint density at radius 2 is 1.81 bits per heavy atom. The molecule has 1 aromatic heterocycles. The smallest absolute Gasteiger partial charge is 0.311 e. The molecule has 0 bridgehead atoms. The number of fused-ring (bicyclic) bond motifs is 2. The van der Waals surface area contributed by atoms with Crippen molar-refractivity contribution in [2.24, 2.45) is 4.99 Å². The Labute approximate surface area is 183 Å². The number of likely N-dealkylation sites (N-methyl/N-ethyl adjacent to an activating group) is 1. The number of aliphatic imine (C=N–C) groups is 1. The lowest BCUT2D eigenvalue weighted by atomic mass is 10.0. The van der Waals surface area contributed by atoms with E-state index in [0.717, 1.165) is 22.3 Å². The molecule has 158 valence electrons. The van der Waals surface area contributed by atoms with Crippen molar-refractivity contribution in [1.29, 1.82) is 0 Å². The monoisotopic (exact) mass is 425 g/mol. The van der Waals surface area contributed by atoms with Gasteiger partial charge in [0.1, 0.15) is 5.52 Å². The fourth-order valence-electron chi connectivity index (χ4n) is 3.65. The lowest BCUT2D eigenvalue weighted by Gasteiger charge is -2.21. The van der Waals surface area contributed by atoms with Crippen molar-refractivity contribution in [3.8, 4) is 0 Å². The van der Waals surface area contributed by atoms with E-state index in [9.17, 15) is 9.59 Å². The van der Waals surface area contributed by atoms with Crippen LogP contribution in [0.2, 0.25) is 0 Å². The van der Waals surface area contributed by atoms with Crippen molar-refractivity contribution in [2.45, 2.75) is 6.17 Å². The molecule has 0 fully saturated rings. The zero-order valence-electron chi connectivity index (χ0n) is 17.1. The average molecular weight is 425 g/mol. The van der Waals surface area contributed by atoms with E-state index in [1.54, 1.807) is 25.2 Å². The number of carbonyl (C=O) groups is 2. The number of hydrogen-bond donors (Lipinski definition) is 3. The maximum Gasteiger partial charge on any atom is 0.321 e. The number of urea groups is 1. The van der Waals surface area contributed by atoms with Gasteiger partial charge in [-0.05, 0) is 24.3 Å². The first-order valence-corrected chi connectivity index (χ1v) is 9.99. The third-order valence-electron chi connectivity index (χ3n) is 5.24. The molecule has 3 aromatic carbocycles. The van der Waals surface area contributed by atoms with E-state index in [2.05, 4.69) is 31.0 Å². The normalized spacial score (nSPS) is 15.7. The van der Waals surface area contributed by atoms with Gasteiger partial charge in [0.05, 0.1) is 16.9 Å². The van der Waals surface area contributed by atoms with E-state index in [1.165, 1.54) is 4.90 Å². The number of nitrogens with one attached hydrogen (secondary N) is 3. The fourth-order valence-corrected chi connectivity index (χ4v) is 3.65. The molecule has 5 rings (SSSR count). The number of hydrogen-bond acceptors (Lipinski definition) is 5. The van der Waals surface area contributed by atoms with Gasteiger partial charge in [0.15, 0.2) is 0 Å². The van der Waals surface area contributed by atoms with Crippen LogP contribution in [0.15, 0.2) is 77.8 Å². The highest BCUT2D eigenvalue weighted by molar-refractivity contribution is 6.20. The van der Waals surface area contributed by atoms with Crippen LogP contribution in [0.25, 0.3) is 11.0 Å². The second kappa shape index (κ2) is 7.95. The van der Waals surface area contributed by atoms with Crippen molar-refractivity contribution in [1.82, 2.24) is 20.7 Å². The van der Waals surface area contributed by atoms with E-state index in [1.807, 2.05) is 54.6 Å². The number of benzene rings is 3. The molecule has 0 saturated heterocycles. The van der Waals surface area contributed by atoms with Gasteiger partial charge < -0.3 is 15.5 Å². The number of H-pyrrole nitrogens is 1. The van der Waals surface area contributed by atoms with Crippen LogP contribution in [-0.2, 0) is 4.79 Å². The van der Waals surface area contributed by atoms with Gasteiger partial charge in [0.25, 0.3) is 5.91 Å². The van der Waals surface area contributed by atoms with Crippen LogP contribution in [0.4, 0.5) is 16.2 Å². The van der Waals surface area contributed by atoms with Crippen molar-refractivity contribution in [3.05, 3.63) is 83.9 Å². The summed E-state index contributed by atoms with van der Waals surface area (Å²) in [6.45, 7) is 0. The molecule has 1 unspecified atom stereocenters. The first-order valence-electron chi connectivity index (χ1n) is 9.99. The van der Waals surface area contributed by atoms with Crippen LogP contribution in [0.5, 0.6) is 0 Å². The molecule has 0 saturated carbocycles. The number of aromatic amines is 1. The lowest BCUT2D eigenvalue weighted by molar-refractivity contribution is -0.119. The van der Waals surface area contributed by atoms with Crippen molar-refractivity contribution in [2.75, 3.05) is 17.3 Å². The summed E-state index contributed by atoms with van der Waals surface area (Å²) in [6, 6.07) is 21.7. The maximum atomic E-state index is 13.2. The highest BCUT2D eigenvalue weighted by Crippen LogP contribution is 2.27. The van der Waals surface area contributed by atoms with Gasteiger partial charge in [-0.15, -0.1) is 5.10 Å². The Balaban J connectivity index is 1.47. The maximum absolute atomic E-state index is 13.2. The van der Waals surface area contributed by atoms with Gasteiger partial charge in [-0.2, -0.15) is 0 Å². The predicted molar refractivity (Wildman–Crippen MR) is 122 cm³/mol. The summed E-state index contributed by atoms with van der Waals surface area (Å²) in [5, 5.41) is 15.9. The molecule has 9 nitrogen and oxygen atoms in total. The molecule has 1 aliphatic heterocycles. The number of benzodiazepines with no additional fused rings is 1. The molecule has 2 heterocycles. The highest BCUT2D eigenvalue weighted by atomic mass is 16.2. The summed E-state index contributed by atoms with van der Waals surface area (Å²) < 4.78 is 0. The Kier molecular flexibility index (Phi) is 4.83. The third kappa shape index (κ3) is 3.56. The summed E-state index contributed by atoms with van der Waals surface area (Å²) in [5.74, 6) is -0.342. The zero-order chi connectivity index (χ0) is 22.1. The second-order valence-electron chi connectivity index (χ2n) is 7.30. The van der Waals surface area contributed by atoms with Crippen molar-refractivity contribution < 1.29 is 9.59 Å². The Morgan fingerprint density at radius 3 is 2.66 bits per heavy atom. The molecule has 32 heavy (non-hydrogen) atoms. The molecule has 3 N–H and O–H groups in total. The molecule has 0 radical (unpaired) electrons. The molecule has 4 aromatic rings. The van der Waals surface area contributed by atoms with E-state index in [0.29, 0.717) is 16.9 Å². The molecule has 0 spiro atoms. The zero-order valence-corrected chi connectivity index (χ0v) is 17.1. The van der Waals surface area contributed by atoms with Gasteiger partial charge in [-0.25, -0.2) is 9.79 Å². The van der Waals surface area contributed by atoms with Crippen LogP contribution >= 0.6 is 0 Å². The molecule has 3 amide bonds. The molecule has 9 heteroatoms. The quantitative estimate of drug-likeness (QED) is 0.468. The van der Waals surface area contributed by atoms with Crippen molar-refractivity contribution >= 4 is 40.1 Å². The molecule has 1 aliphatic rings. The first-order chi connectivity index (χ1) is 15.6. The Hall–Kier alpha value is -4.53. The van der Waals surface area contributed by atoms with E-state index < -0.39 is 12.2 Å². The summed E-state index contributed by atoms with van der Waals surface area (Å²) >= 11 is 0. The largest absolute Gasteiger partial charge is 0.321 e. The van der Waals surface area contributed by atoms with Gasteiger partial charge in [0.2, 0.25) is 6.17 Å². The van der Waals surface area contributed by atoms with Gasteiger partial charge >= 0.3 is 6.03 Å². The van der Waals surface area contributed by atoms with Crippen LogP contribution in [0.1, 0.15) is 11.1 Å². The van der Waals surface area contributed by atoms with Crippen molar-refractivity contribution in [3.63, 3.8) is 0 Å². The van der Waals surface area contributed by atoms with Crippen LogP contribution in [0.3, 0.4) is 0 Å². The molecular weight excluding hydrogens is 406 g/mol. The van der Waals surface area contributed by atoms with E-state index >= 15 is 0 Å². The summed E-state index contributed by atoms with van der Waals surface area (Å²) in [5.41, 5.74) is 4.92. The van der Waals surface area contributed by atoms with Crippen LogP contribution in [0, 0.1) is 0 Å². The number of anilines is 2. The molecular formula is C23H19N7O2. The SMILES string of the molecule is CN1C(=O)C(NC(=O)Nc2ccc3[nH]nnc3c2)N=C(c2ccccc2)c2ccccc21. The minimum Gasteiger partial charge on any atom is -0.311 e. The fraction of sp³-hybridized carbons (Fsp3) is 0.0870. The Morgan fingerprint density at radius 1 is 1.03 bits per heavy atom. The van der Waals surface area contributed by atoms with Crippen LogP contribution < -0.4 is 15.5 Å². The summed E-state index contributed by atoms with van der Waals surface area (Å²) in [4.78, 5) is 32.1. The summed E-state index contributed by atoms with van der Waals surface area (Å²) in [7, 11) is 1.68. The third-order valence-corrected chi connectivity index (χ3v) is 5.24. The number of aromatic nitrogens is 3. The number of carbonyl (C=O) groups excluding carboxylic acids is 2. The number of rotatable bonds is 3. The second-order valence-corrected chi connectivity index (χ2v) is 7.30. The lowest BCUT2D eigenvalue weighted by Crippen LogP contribution is -2.47. The highest BCUT2D eigenvalue weighted by Gasteiger charge is 2.30. The topological polar surface area (TPSA) is 115 Å². The van der Waals surface area contributed by atoms with Crippen LogP contribution in [-0.4, -0.2) is 46.3 Å². The standard InChI is InChI=1S/C23H19N7O2/c1-30-19-10-6-5-9-16(19)20(14-7-3-2-4-8-14)25-21(22(30)31)26-23(32)24-15-11-12-17-18(13-15)28-29-27-17/h2-13,21H,1H3,(H2,24,26,32)(H,27,28,29). The number of amides is 3. The van der Waals surface area contributed by atoms with E-state index in [4.69, 9.17) is 0 Å². The molecule has 1 atom stereocenters. The number of para-hydroxylation sites is 1. The van der Waals surface area contributed by atoms with Gasteiger partial charge in [0, 0.05) is 23.9 Å². The average Bonchev–Trinajstić information content (AvgIpc) is 3.26. The van der Waals surface area contributed by atoms with E-state index in [-0.39, 0.29) is 5.91 Å². The Bertz CT molecular complexity index is 1350. The molecule has 0 aliphatic carbocycles. The minimum absolute atomic E-state index is 0.342. The first kappa shape index (κ1) is 19.4. The number of nitrogens with zero attached hydrogens (tertiary/aromatic N) is 4. The van der Waals surface area contributed by atoms with Gasteiger partial charge in [-0.3, -0.25) is 9.89 Å². The predicted octanol–water partition coefficient (Wildman–Crippen LogP) is 2.92. The summed E-state index contributed by atoms with van der Waals surface area (Å²) in [6.07, 6.45) is -1.10. The minimum atomic E-state index is -1.10.